The predicted molar refractivity (Wildman–Crippen MR) is 117 cm³/mol. The van der Waals surface area contributed by atoms with E-state index in [0.717, 1.165) is 17.9 Å². The van der Waals surface area contributed by atoms with Crippen LogP contribution in [0.5, 0.6) is 5.75 Å². The van der Waals surface area contributed by atoms with Gasteiger partial charge in [-0.15, -0.1) is 0 Å². The van der Waals surface area contributed by atoms with Crippen LogP contribution >= 0.6 is 0 Å². The van der Waals surface area contributed by atoms with Crippen molar-refractivity contribution >= 4 is 5.96 Å². The molecule has 3 aromatic rings. The van der Waals surface area contributed by atoms with Gasteiger partial charge in [-0.2, -0.15) is 0 Å². The van der Waals surface area contributed by atoms with Gasteiger partial charge in [0.15, 0.2) is 17.5 Å². The molecule has 6 nitrogen and oxygen atoms in total. The summed E-state index contributed by atoms with van der Waals surface area (Å²) in [5.41, 5.74) is 2.02. The van der Waals surface area contributed by atoms with E-state index in [9.17, 15) is 4.39 Å². The van der Waals surface area contributed by atoms with Gasteiger partial charge in [0.25, 0.3) is 0 Å². The van der Waals surface area contributed by atoms with Crippen LogP contribution in [0.4, 0.5) is 4.39 Å². The van der Waals surface area contributed by atoms with Crippen molar-refractivity contribution in [2.75, 3.05) is 13.7 Å². The molecule has 2 N–H and O–H groups in total. The Kier molecular flexibility index (Phi) is 7.43. The molecule has 0 fully saturated rings. The van der Waals surface area contributed by atoms with Crippen molar-refractivity contribution in [1.29, 1.82) is 0 Å². The van der Waals surface area contributed by atoms with Crippen LogP contribution in [-0.2, 0) is 13.1 Å². The summed E-state index contributed by atoms with van der Waals surface area (Å²) < 4.78 is 21.1. The van der Waals surface area contributed by atoms with E-state index in [1.807, 2.05) is 44.3 Å². The van der Waals surface area contributed by atoms with Gasteiger partial charge < -0.3 is 19.9 Å². The van der Waals surface area contributed by atoms with Crippen LogP contribution in [0.2, 0.25) is 0 Å². The van der Waals surface area contributed by atoms with Crippen LogP contribution in [-0.4, -0.2) is 29.2 Å². The van der Waals surface area contributed by atoms with Crippen molar-refractivity contribution < 1.29 is 9.13 Å². The lowest BCUT2D eigenvalue weighted by atomic mass is 10.1. The average Bonchev–Trinajstić information content (AvgIpc) is 3.19. The molecule has 0 aliphatic rings. The number of halogens is 1. The summed E-state index contributed by atoms with van der Waals surface area (Å²) in [6, 6.07) is 15.1. The second-order valence-corrected chi connectivity index (χ2v) is 6.91. The van der Waals surface area contributed by atoms with Crippen LogP contribution in [0.15, 0.2) is 65.9 Å². The summed E-state index contributed by atoms with van der Waals surface area (Å²) in [4.78, 5) is 9.12. The Morgan fingerprint density at radius 3 is 2.73 bits per heavy atom. The number of hydrogen-bond donors (Lipinski definition) is 2. The fourth-order valence-corrected chi connectivity index (χ4v) is 3.13. The molecule has 0 saturated carbocycles. The topological polar surface area (TPSA) is 63.5 Å². The van der Waals surface area contributed by atoms with Gasteiger partial charge in [0.2, 0.25) is 0 Å². The highest BCUT2D eigenvalue weighted by Crippen LogP contribution is 2.21. The molecule has 0 aliphatic heterocycles. The minimum absolute atomic E-state index is 0.132. The number of imidazole rings is 1. The van der Waals surface area contributed by atoms with Crippen molar-refractivity contribution in [2.24, 2.45) is 4.99 Å². The highest BCUT2D eigenvalue weighted by Gasteiger charge is 2.12. The summed E-state index contributed by atoms with van der Waals surface area (Å²) in [6.45, 7) is 5.86. The van der Waals surface area contributed by atoms with Gasteiger partial charge in [0.05, 0.1) is 13.2 Å². The molecule has 0 aliphatic carbocycles. The van der Waals surface area contributed by atoms with Crippen LogP contribution in [0, 0.1) is 5.82 Å². The SMILES string of the molecule is CCNC(=NCc1nccn1Cc1ccccc1)NC(C)c1ccc(OC)c(F)c1. The third kappa shape index (κ3) is 5.59. The molecule has 0 bridgehead atoms. The van der Waals surface area contributed by atoms with Gasteiger partial charge >= 0.3 is 0 Å². The van der Waals surface area contributed by atoms with Crippen molar-refractivity contribution in [1.82, 2.24) is 20.2 Å². The summed E-state index contributed by atoms with van der Waals surface area (Å²) >= 11 is 0. The largest absolute Gasteiger partial charge is 0.494 e. The number of aliphatic imine (C=N–C) groups is 1. The second-order valence-electron chi connectivity index (χ2n) is 6.91. The number of aromatic nitrogens is 2. The molecule has 0 saturated heterocycles. The van der Waals surface area contributed by atoms with Gasteiger partial charge in [-0.05, 0) is 37.1 Å². The predicted octanol–water partition coefficient (Wildman–Crippen LogP) is 3.90. The lowest BCUT2D eigenvalue weighted by Crippen LogP contribution is -2.38. The van der Waals surface area contributed by atoms with E-state index < -0.39 is 0 Å². The molecule has 0 amide bonds. The number of ether oxygens (including phenoxy) is 1. The first kappa shape index (κ1) is 21.4. The Morgan fingerprint density at radius 2 is 2.03 bits per heavy atom. The fraction of sp³-hybridized carbons (Fsp3) is 0.304. The van der Waals surface area contributed by atoms with E-state index in [1.165, 1.54) is 18.7 Å². The Balaban J connectivity index is 1.69. The van der Waals surface area contributed by atoms with Crippen molar-refractivity contribution in [3.05, 3.63) is 83.7 Å². The maximum absolute atomic E-state index is 14.0. The van der Waals surface area contributed by atoms with Crippen LogP contribution < -0.4 is 15.4 Å². The molecular weight excluding hydrogens is 381 g/mol. The smallest absolute Gasteiger partial charge is 0.192 e. The molecule has 1 unspecified atom stereocenters. The standard InChI is InChI=1S/C23H28FN5O/c1-4-25-23(28-17(2)19-10-11-21(30-3)20(24)14-19)27-15-22-26-12-13-29(22)16-18-8-6-5-7-9-18/h5-14,17H,4,15-16H2,1-3H3,(H2,25,27,28). The number of nitrogens with one attached hydrogen (secondary N) is 2. The Labute approximate surface area is 176 Å². The number of nitrogens with zero attached hydrogens (tertiary/aromatic N) is 3. The zero-order valence-electron chi connectivity index (χ0n) is 17.6. The number of hydrogen-bond acceptors (Lipinski definition) is 3. The zero-order valence-corrected chi connectivity index (χ0v) is 17.6. The summed E-state index contributed by atoms with van der Waals surface area (Å²) in [6.07, 6.45) is 3.75. The minimum Gasteiger partial charge on any atom is -0.494 e. The van der Waals surface area contributed by atoms with Gasteiger partial charge in [-0.3, -0.25) is 0 Å². The van der Waals surface area contributed by atoms with Crippen molar-refractivity contribution in [3.8, 4) is 5.75 Å². The minimum atomic E-state index is -0.381. The number of rotatable bonds is 8. The van der Waals surface area contributed by atoms with Gasteiger partial charge in [0, 0.05) is 25.5 Å². The van der Waals surface area contributed by atoms with E-state index in [-0.39, 0.29) is 17.6 Å². The lowest BCUT2D eigenvalue weighted by molar-refractivity contribution is 0.386. The van der Waals surface area contributed by atoms with E-state index in [4.69, 9.17) is 4.74 Å². The molecule has 30 heavy (non-hydrogen) atoms. The molecule has 0 radical (unpaired) electrons. The molecule has 1 aromatic heterocycles. The van der Waals surface area contributed by atoms with Crippen LogP contribution in [0.25, 0.3) is 0 Å². The van der Waals surface area contributed by atoms with E-state index >= 15 is 0 Å². The highest BCUT2D eigenvalue weighted by atomic mass is 19.1. The van der Waals surface area contributed by atoms with Gasteiger partial charge in [-0.1, -0.05) is 36.4 Å². The van der Waals surface area contributed by atoms with Crippen molar-refractivity contribution in [2.45, 2.75) is 33.0 Å². The number of benzene rings is 2. The normalized spacial score (nSPS) is 12.5. The monoisotopic (exact) mass is 409 g/mol. The quantitative estimate of drug-likeness (QED) is 0.438. The fourth-order valence-electron chi connectivity index (χ4n) is 3.13. The summed E-state index contributed by atoms with van der Waals surface area (Å²) in [7, 11) is 1.46. The summed E-state index contributed by atoms with van der Waals surface area (Å²) in [5.74, 6) is 1.37. The first-order valence-electron chi connectivity index (χ1n) is 10.0. The molecule has 158 valence electrons. The average molecular weight is 410 g/mol. The highest BCUT2D eigenvalue weighted by molar-refractivity contribution is 5.80. The third-order valence-corrected chi connectivity index (χ3v) is 4.75. The Bertz CT molecular complexity index is 971. The Morgan fingerprint density at radius 1 is 1.23 bits per heavy atom. The molecule has 3 rings (SSSR count). The molecule has 1 heterocycles. The van der Waals surface area contributed by atoms with E-state index in [1.54, 1.807) is 12.3 Å². The zero-order chi connectivity index (χ0) is 21.3. The molecule has 0 spiro atoms. The molecule has 2 aromatic carbocycles. The second kappa shape index (κ2) is 10.4. The molecular formula is C23H28FN5O. The first-order chi connectivity index (χ1) is 14.6. The lowest BCUT2D eigenvalue weighted by Gasteiger charge is -2.19. The Hall–Kier alpha value is -3.35. The third-order valence-electron chi connectivity index (χ3n) is 4.75. The van der Waals surface area contributed by atoms with E-state index in [0.29, 0.717) is 19.0 Å². The number of guanidine groups is 1. The summed E-state index contributed by atoms with van der Waals surface area (Å²) in [5, 5.41) is 6.56. The molecule has 7 heteroatoms. The van der Waals surface area contributed by atoms with Gasteiger partial charge in [-0.25, -0.2) is 14.4 Å². The maximum atomic E-state index is 14.0. The van der Waals surface area contributed by atoms with Crippen LogP contribution in [0.3, 0.4) is 0 Å². The maximum Gasteiger partial charge on any atom is 0.192 e. The first-order valence-corrected chi connectivity index (χ1v) is 10.0. The van der Waals surface area contributed by atoms with Gasteiger partial charge in [0.1, 0.15) is 12.4 Å². The van der Waals surface area contributed by atoms with Crippen LogP contribution in [0.1, 0.15) is 36.8 Å². The van der Waals surface area contributed by atoms with E-state index in [2.05, 4.69) is 37.3 Å². The van der Waals surface area contributed by atoms with Crippen molar-refractivity contribution in [3.63, 3.8) is 0 Å². The number of methoxy groups -OCH3 is 1. The molecule has 1 atom stereocenters.